The Bertz CT molecular complexity index is 3890. The van der Waals surface area contributed by atoms with E-state index in [1.807, 2.05) is 6.07 Å². The molecule has 0 unspecified atom stereocenters. The van der Waals surface area contributed by atoms with Crippen molar-refractivity contribution in [3.05, 3.63) is 231 Å². The lowest BCUT2D eigenvalue weighted by atomic mass is 9.78. The van der Waals surface area contributed by atoms with Crippen molar-refractivity contribution in [2.75, 3.05) is 0 Å². The lowest BCUT2D eigenvalue weighted by Crippen LogP contribution is -1.97. The van der Waals surface area contributed by atoms with Crippen molar-refractivity contribution in [3.63, 3.8) is 0 Å². The minimum absolute atomic E-state index is 0.903. The molecule has 0 radical (unpaired) electrons. The van der Waals surface area contributed by atoms with Crippen molar-refractivity contribution in [1.82, 2.24) is 0 Å². The zero-order chi connectivity index (χ0) is 41.4. The van der Waals surface area contributed by atoms with Gasteiger partial charge in [-0.1, -0.05) is 206 Å². The van der Waals surface area contributed by atoms with Crippen molar-refractivity contribution < 1.29 is 4.42 Å². The van der Waals surface area contributed by atoms with Gasteiger partial charge >= 0.3 is 0 Å². The van der Waals surface area contributed by atoms with Crippen LogP contribution in [0.25, 0.3) is 131 Å². The van der Waals surface area contributed by atoms with Crippen LogP contribution in [0, 0.1) is 0 Å². The van der Waals surface area contributed by atoms with Crippen LogP contribution in [-0.4, -0.2) is 0 Å². The first-order valence-electron chi connectivity index (χ1n) is 21.8. The van der Waals surface area contributed by atoms with E-state index in [1.165, 1.54) is 109 Å². The van der Waals surface area contributed by atoms with Crippen LogP contribution in [0.15, 0.2) is 235 Å². The zero-order valence-electron chi connectivity index (χ0n) is 34.3. The van der Waals surface area contributed by atoms with Gasteiger partial charge in [-0.05, 0) is 134 Å². The first-order chi connectivity index (χ1) is 31.3. The van der Waals surface area contributed by atoms with Gasteiger partial charge in [0, 0.05) is 10.8 Å². The fourth-order valence-corrected chi connectivity index (χ4v) is 10.6. The predicted molar refractivity (Wildman–Crippen MR) is 268 cm³/mol. The quantitative estimate of drug-likeness (QED) is 0.125. The Morgan fingerprint density at radius 1 is 0.190 bits per heavy atom. The van der Waals surface area contributed by atoms with Gasteiger partial charge in [0.05, 0.1) is 0 Å². The molecule has 0 saturated heterocycles. The van der Waals surface area contributed by atoms with E-state index in [2.05, 4.69) is 224 Å². The van der Waals surface area contributed by atoms with Gasteiger partial charge < -0.3 is 4.42 Å². The summed E-state index contributed by atoms with van der Waals surface area (Å²) < 4.78 is 6.30. The molecule has 1 aromatic heterocycles. The summed E-state index contributed by atoms with van der Waals surface area (Å²) in [4.78, 5) is 0. The van der Waals surface area contributed by atoms with E-state index in [-0.39, 0.29) is 0 Å². The standard InChI is InChI=1S/C62H38O/c1-3-19-39(20-4-1)53-38-55(44-25-9-11-28-47(44)61(53)62-48-29-12-8-24-43(48)42-23-7-10-27-46(42)59(62)40-21-5-2-6-22-40)60-51-32-15-13-30-49(51)58(50-31-14-16-33-52(50)60)41-35-36-57-54(37-41)45-26-17-18-34-56(45)63-57/h1-38H. The summed E-state index contributed by atoms with van der Waals surface area (Å²) in [6, 6.07) is 84.6. The topological polar surface area (TPSA) is 13.1 Å². The van der Waals surface area contributed by atoms with E-state index in [0.717, 1.165) is 21.9 Å². The molecular formula is C62H38O. The van der Waals surface area contributed by atoms with E-state index in [0.29, 0.717) is 0 Å². The van der Waals surface area contributed by atoms with Crippen molar-refractivity contribution in [3.8, 4) is 55.6 Å². The fourth-order valence-electron chi connectivity index (χ4n) is 10.6. The van der Waals surface area contributed by atoms with Crippen LogP contribution in [0.5, 0.6) is 0 Å². The lowest BCUT2D eigenvalue weighted by molar-refractivity contribution is 0.669. The average Bonchev–Trinajstić information content (AvgIpc) is 3.73. The van der Waals surface area contributed by atoms with Gasteiger partial charge in [-0.2, -0.15) is 0 Å². The van der Waals surface area contributed by atoms with Gasteiger partial charge in [-0.15, -0.1) is 0 Å². The molecule has 0 amide bonds. The summed E-state index contributed by atoms with van der Waals surface area (Å²) in [5.41, 5.74) is 14.0. The molecule has 0 bridgehead atoms. The van der Waals surface area contributed by atoms with Crippen LogP contribution >= 0.6 is 0 Å². The number of benzene rings is 12. The monoisotopic (exact) mass is 798 g/mol. The van der Waals surface area contributed by atoms with Crippen molar-refractivity contribution in [2.45, 2.75) is 0 Å². The molecule has 63 heavy (non-hydrogen) atoms. The molecule has 0 spiro atoms. The Morgan fingerprint density at radius 2 is 0.603 bits per heavy atom. The molecule has 12 aromatic carbocycles. The summed E-state index contributed by atoms with van der Waals surface area (Å²) in [5.74, 6) is 0. The zero-order valence-corrected chi connectivity index (χ0v) is 34.3. The van der Waals surface area contributed by atoms with Crippen LogP contribution in [0.4, 0.5) is 0 Å². The Hall–Kier alpha value is -8.26. The number of hydrogen-bond acceptors (Lipinski definition) is 1. The summed E-state index contributed by atoms with van der Waals surface area (Å²) in [6.07, 6.45) is 0. The van der Waals surface area contributed by atoms with Gasteiger partial charge in [0.25, 0.3) is 0 Å². The number of furan rings is 1. The second-order valence-corrected chi connectivity index (χ2v) is 16.6. The molecule has 13 rings (SSSR count). The molecule has 1 heteroatoms. The predicted octanol–water partition coefficient (Wildman–Crippen LogP) is 17.7. The Morgan fingerprint density at radius 3 is 1.19 bits per heavy atom. The molecule has 0 aliphatic rings. The molecule has 0 saturated carbocycles. The second-order valence-electron chi connectivity index (χ2n) is 16.6. The Kier molecular flexibility index (Phi) is 7.98. The third-order valence-corrected chi connectivity index (χ3v) is 13.2. The first kappa shape index (κ1) is 35.5. The van der Waals surface area contributed by atoms with Crippen LogP contribution in [0.2, 0.25) is 0 Å². The van der Waals surface area contributed by atoms with Gasteiger partial charge in [0.1, 0.15) is 11.2 Å². The molecule has 0 fully saturated rings. The maximum atomic E-state index is 6.30. The Labute approximate surface area is 364 Å². The Balaban J connectivity index is 1.18. The molecule has 13 aromatic rings. The molecule has 0 atom stereocenters. The lowest BCUT2D eigenvalue weighted by Gasteiger charge is -2.25. The average molecular weight is 799 g/mol. The van der Waals surface area contributed by atoms with E-state index < -0.39 is 0 Å². The van der Waals surface area contributed by atoms with E-state index in [4.69, 9.17) is 4.42 Å². The SMILES string of the molecule is c1ccc(-c2cc(-c3c4ccccc4c(-c4ccc5oc6ccccc6c5c4)c4ccccc34)c3ccccc3c2-c2c(-c3ccccc3)c3ccccc3c3ccccc23)cc1. The highest BCUT2D eigenvalue weighted by atomic mass is 16.3. The van der Waals surface area contributed by atoms with E-state index in [1.54, 1.807) is 0 Å². The van der Waals surface area contributed by atoms with Crippen molar-refractivity contribution in [2.24, 2.45) is 0 Å². The highest BCUT2D eigenvalue weighted by molar-refractivity contribution is 6.29. The number of fused-ring (bicyclic) bond motifs is 9. The summed E-state index contributed by atoms with van der Waals surface area (Å²) >= 11 is 0. The minimum Gasteiger partial charge on any atom is -0.456 e. The van der Waals surface area contributed by atoms with E-state index in [9.17, 15) is 0 Å². The largest absolute Gasteiger partial charge is 0.456 e. The summed E-state index contributed by atoms with van der Waals surface area (Å²) in [7, 11) is 0. The first-order valence-corrected chi connectivity index (χ1v) is 21.8. The maximum absolute atomic E-state index is 6.30. The van der Waals surface area contributed by atoms with Crippen molar-refractivity contribution in [1.29, 1.82) is 0 Å². The van der Waals surface area contributed by atoms with E-state index >= 15 is 0 Å². The highest BCUT2D eigenvalue weighted by Crippen LogP contribution is 2.53. The summed E-state index contributed by atoms with van der Waals surface area (Å²) in [5, 5.41) is 14.6. The number of para-hydroxylation sites is 1. The third kappa shape index (κ3) is 5.43. The number of rotatable bonds is 5. The molecular weight excluding hydrogens is 761 g/mol. The van der Waals surface area contributed by atoms with Gasteiger partial charge in [0.2, 0.25) is 0 Å². The normalized spacial score (nSPS) is 11.8. The van der Waals surface area contributed by atoms with Crippen LogP contribution in [0.1, 0.15) is 0 Å². The van der Waals surface area contributed by atoms with Gasteiger partial charge in [0.15, 0.2) is 0 Å². The minimum atomic E-state index is 0.903. The molecule has 1 nitrogen and oxygen atoms in total. The third-order valence-electron chi connectivity index (χ3n) is 13.2. The molecule has 1 heterocycles. The van der Waals surface area contributed by atoms with Crippen LogP contribution < -0.4 is 0 Å². The number of hydrogen-bond donors (Lipinski definition) is 0. The molecule has 0 N–H and O–H groups in total. The maximum Gasteiger partial charge on any atom is 0.135 e. The van der Waals surface area contributed by atoms with Crippen LogP contribution in [0.3, 0.4) is 0 Å². The van der Waals surface area contributed by atoms with Gasteiger partial charge in [-0.3, -0.25) is 0 Å². The van der Waals surface area contributed by atoms with Crippen molar-refractivity contribution >= 4 is 75.8 Å². The molecule has 292 valence electrons. The summed E-state index contributed by atoms with van der Waals surface area (Å²) in [6.45, 7) is 0. The molecule has 0 aliphatic heterocycles. The fraction of sp³-hybridized carbons (Fsp3) is 0. The smallest absolute Gasteiger partial charge is 0.135 e. The second kappa shape index (κ2) is 14.2. The van der Waals surface area contributed by atoms with Gasteiger partial charge in [-0.25, -0.2) is 0 Å². The highest BCUT2D eigenvalue weighted by Gasteiger charge is 2.26. The molecule has 0 aliphatic carbocycles. The van der Waals surface area contributed by atoms with Crippen LogP contribution in [-0.2, 0) is 0 Å².